The fraction of sp³-hybridized carbons (Fsp3) is 0.320. The third-order valence-electron chi connectivity index (χ3n) is 6.45. The first-order chi connectivity index (χ1) is 16.8. The van der Waals surface area contributed by atoms with Gasteiger partial charge in [0.25, 0.3) is 5.91 Å². The lowest BCUT2D eigenvalue weighted by Gasteiger charge is -2.34. The first-order valence-corrected chi connectivity index (χ1v) is 13.0. The highest BCUT2D eigenvalue weighted by atomic mass is 32.2. The quantitative estimate of drug-likeness (QED) is 0.590. The Morgan fingerprint density at radius 1 is 0.971 bits per heavy atom. The molecule has 1 N–H and O–H groups in total. The van der Waals surface area contributed by atoms with E-state index in [1.165, 1.54) is 20.7 Å². The van der Waals surface area contributed by atoms with Crippen LogP contribution in [0, 0.1) is 0 Å². The van der Waals surface area contributed by atoms with Crippen molar-refractivity contribution < 1.29 is 22.8 Å². The number of benzene rings is 2. The number of amides is 4. The number of hydrogen-bond acceptors (Lipinski definition) is 5. The van der Waals surface area contributed by atoms with Crippen LogP contribution in [0.4, 0.5) is 4.79 Å². The van der Waals surface area contributed by atoms with Gasteiger partial charge in [-0.2, -0.15) is 4.31 Å². The fourth-order valence-electron chi connectivity index (χ4n) is 4.37. The van der Waals surface area contributed by atoms with Gasteiger partial charge in [0, 0.05) is 31.6 Å². The molecule has 0 bridgehead atoms. The van der Waals surface area contributed by atoms with Crippen molar-refractivity contribution in [2.45, 2.75) is 18.9 Å². The van der Waals surface area contributed by atoms with Crippen molar-refractivity contribution in [2.75, 3.05) is 32.7 Å². The number of piperazine rings is 1. The van der Waals surface area contributed by atoms with Crippen molar-refractivity contribution in [1.82, 2.24) is 19.4 Å². The lowest BCUT2D eigenvalue weighted by atomic mass is 9.87. The van der Waals surface area contributed by atoms with E-state index in [4.69, 9.17) is 0 Å². The summed E-state index contributed by atoms with van der Waals surface area (Å²) in [6.45, 7) is 2.05. The number of nitrogens with one attached hydrogen (secondary N) is 1. The van der Waals surface area contributed by atoms with Crippen LogP contribution in [0.5, 0.6) is 0 Å². The summed E-state index contributed by atoms with van der Waals surface area (Å²) in [7, 11) is -3.63. The first kappa shape index (κ1) is 24.6. The van der Waals surface area contributed by atoms with Crippen LogP contribution in [0.2, 0.25) is 0 Å². The van der Waals surface area contributed by atoms with Crippen LogP contribution in [-0.4, -0.2) is 73.1 Å². The average Bonchev–Trinajstić information content (AvgIpc) is 3.14. The molecule has 2 saturated heterocycles. The normalized spacial score (nSPS) is 21.5. The average molecular weight is 497 g/mol. The second-order valence-corrected chi connectivity index (χ2v) is 10.3. The van der Waals surface area contributed by atoms with E-state index in [-0.39, 0.29) is 32.7 Å². The monoisotopic (exact) mass is 496 g/mol. The van der Waals surface area contributed by atoms with Gasteiger partial charge >= 0.3 is 6.03 Å². The van der Waals surface area contributed by atoms with Gasteiger partial charge in [-0.05, 0) is 23.6 Å². The van der Waals surface area contributed by atoms with Crippen LogP contribution in [0.3, 0.4) is 0 Å². The van der Waals surface area contributed by atoms with Gasteiger partial charge in [-0.1, -0.05) is 67.6 Å². The van der Waals surface area contributed by atoms with E-state index < -0.39 is 33.4 Å². The Morgan fingerprint density at radius 3 is 2.17 bits per heavy atom. The smallest absolute Gasteiger partial charge is 0.325 e. The highest BCUT2D eigenvalue weighted by Gasteiger charge is 2.51. The molecule has 2 aliphatic rings. The maximum Gasteiger partial charge on any atom is 0.325 e. The summed E-state index contributed by atoms with van der Waals surface area (Å²) in [6, 6.07) is 17.5. The molecule has 2 fully saturated rings. The van der Waals surface area contributed by atoms with Gasteiger partial charge in [0.1, 0.15) is 12.1 Å². The number of nitrogens with zero attached hydrogens (tertiary/aromatic N) is 3. The Balaban J connectivity index is 1.37. The zero-order valence-electron chi connectivity index (χ0n) is 19.5. The van der Waals surface area contributed by atoms with Gasteiger partial charge in [-0.15, -0.1) is 0 Å². The predicted molar refractivity (Wildman–Crippen MR) is 131 cm³/mol. The van der Waals surface area contributed by atoms with Gasteiger partial charge in [-0.25, -0.2) is 13.2 Å². The molecule has 0 radical (unpaired) electrons. The van der Waals surface area contributed by atoms with Crippen molar-refractivity contribution in [3.05, 3.63) is 77.2 Å². The van der Waals surface area contributed by atoms with Gasteiger partial charge < -0.3 is 10.2 Å². The van der Waals surface area contributed by atoms with Gasteiger partial charge in [0.2, 0.25) is 15.9 Å². The lowest BCUT2D eigenvalue weighted by Crippen LogP contribution is -2.53. The molecule has 2 aromatic rings. The molecule has 0 spiro atoms. The van der Waals surface area contributed by atoms with E-state index in [9.17, 15) is 22.8 Å². The number of urea groups is 1. The van der Waals surface area contributed by atoms with Crippen molar-refractivity contribution >= 4 is 33.9 Å². The molecule has 2 heterocycles. The molecule has 9 nitrogen and oxygen atoms in total. The van der Waals surface area contributed by atoms with Crippen LogP contribution in [0.15, 0.2) is 66.1 Å². The SMILES string of the molecule is CCC1(c2ccccc2)NC(=O)N(CC(=O)N2CCN(S(=O)(=O)/C=C/c3ccccc3)CC2)C1=O. The summed E-state index contributed by atoms with van der Waals surface area (Å²) >= 11 is 0. The Bertz CT molecular complexity index is 1230. The standard InChI is InChI=1S/C25H28N4O5S/c1-2-25(21-11-7-4-8-12-21)23(31)29(24(32)26-25)19-22(30)27-14-16-28(17-15-27)35(33,34)18-13-20-9-5-3-6-10-20/h3-13,18H,2,14-17,19H2,1H3,(H,26,32)/b18-13+. The lowest BCUT2D eigenvalue weighted by molar-refractivity contribution is -0.139. The summed E-state index contributed by atoms with van der Waals surface area (Å²) < 4.78 is 26.7. The fourth-order valence-corrected chi connectivity index (χ4v) is 5.55. The number of carbonyl (C=O) groups is 3. The van der Waals surface area contributed by atoms with E-state index >= 15 is 0 Å². The molecule has 2 aromatic carbocycles. The van der Waals surface area contributed by atoms with Crippen LogP contribution >= 0.6 is 0 Å². The number of hydrogen-bond donors (Lipinski definition) is 1. The summed E-state index contributed by atoms with van der Waals surface area (Å²) in [5, 5.41) is 3.94. The molecule has 35 heavy (non-hydrogen) atoms. The molecule has 0 aliphatic carbocycles. The van der Waals surface area contributed by atoms with Gasteiger partial charge in [0.05, 0.1) is 0 Å². The number of rotatable bonds is 7. The molecule has 2 aliphatic heterocycles. The van der Waals surface area contributed by atoms with E-state index in [1.54, 1.807) is 24.3 Å². The third-order valence-corrected chi connectivity index (χ3v) is 8.01. The highest BCUT2D eigenvalue weighted by Crippen LogP contribution is 2.32. The predicted octanol–water partition coefficient (Wildman–Crippen LogP) is 1.99. The molecule has 0 saturated carbocycles. The van der Waals surface area contributed by atoms with Crippen LogP contribution < -0.4 is 5.32 Å². The second-order valence-electron chi connectivity index (χ2n) is 8.48. The molecule has 4 rings (SSSR count). The first-order valence-electron chi connectivity index (χ1n) is 11.5. The zero-order chi connectivity index (χ0) is 25.1. The van der Waals surface area contributed by atoms with Crippen molar-refractivity contribution in [3.63, 3.8) is 0 Å². The second kappa shape index (κ2) is 10.0. The van der Waals surface area contributed by atoms with Gasteiger partial charge in [0.15, 0.2) is 0 Å². The molecule has 184 valence electrons. The Morgan fingerprint density at radius 2 is 1.57 bits per heavy atom. The van der Waals surface area contributed by atoms with Crippen LogP contribution in [0.25, 0.3) is 6.08 Å². The molecule has 4 amide bonds. The minimum absolute atomic E-state index is 0.135. The van der Waals surface area contributed by atoms with E-state index in [2.05, 4.69) is 5.32 Å². The molecule has 0 aromatic heterocycles. The van der Waals surface area contributed by atoms with Crippen molar-refractivity contribution in [3.8, 4) is 0 Å². The zero-order valence-corrected chi connectivity index (χ0v) is 20.3. The maximum absolute atomic E-state index is 13.2. The summed E-state index contributed by atoms with van der Waals surface area (Å²) in [6.07, 6.45) is 1.89. The number of imide groups is 1. The Kier molecular flexibility index (Phi) is 7.04. The van der Waals surface area contributed by atoms with E-state index in [0.29, 0.717) is 12.0 Å². The van der Waals surface area contributed by atoms with Crippen molar-refractivity contribution in [1.29, 1.82) is 0 Å². The summed E-state index contributed by atoms with van der Waals surface area (Å²) in [5.41, 5.74) is 0.242. The molecule has 1 unspecified atom stereocenters. The van der Waals surface area contributed by atoms with Crippen LogP contribution in [-0.2, 0) is 25.2 Å². The Hall–Kier alpha value is -3.50. The van der Waals surface area contributed by atoms with E-state index in [1.807, 2.05) is 43.3 Å². The van der Waals surface area contributed by atoms with Crippen LogP contribution in [0.1, 0.15) is 24.5 Å². The summed E-state index contributed by atoms with van der Waals surface area (Å²) in [4.78, 5) is 41.2. The molecular weight excluding hydrogens is 468 g/mol. The largest absolute Gasteiger partial charge is 0.338 e. The van der Waals surface area contributed by atoms with Crippen molar-refractivity contribution in [2.24, 2.45) is 0 Å². The maximum atomic E-state index is 13.2. The highest BCUT2D eigenvalue weighted by molar-refractivity contribution is 7.92. The summed E-state index contributed by atoms with van der Waals surface area (Å²) in [5.74, 6) is -0.859. The van der Waals surface area contributed by atoms with E-state index in [0.717, 1.165) is 10.5 Å². The molecular formula is C25H28N4O5S. The van der Waals surface area contributed by atoms with Gasteiger partial charge in [-0.3, -0.25) is 14.5 Å². The minimum atomic E-state index is -3.63. The minimum Gasteiger partial charge on any atom is -0.338 e. The molecule has 1 atom stereocenters. The Labute approximate surface area is 205 Å². The number of carbonyl (C=O) groups excluding carboxylic acids is 3. The molecule has 10 heteroatoms. The number of sulfonamides is 1. The topological polar surface area (TPSA) is 107 Å². The third kappa shape index (κ3) is 4.98.